The van der Waals surface area contributed by atoms with Gasteiger partial charge in [0.2, 0.25) is 0 Å². The molecule has 0 saturated carbocycles. The summed E-state index contributed by atoms with van der Waals surface area (Å²) < 4.78 is 9.90. The number of allylic oxidation sites excluding steroid dienone is 3. The molecule has 0 unspecified atom stereocenters. The van der Waals surface area contributed by atoms with Gasteiger partial charge in [-0.1, -0.05) is 36.0 Å². The summed E-state index contributed by atoms with van der Waals surface area (Å²) in [5, 5.41) is 6.87. The summed E-state index contributed by atoms with van der Waals surface area (Å²) >= 11 is 0. The fourth-order valence-electron chi connectivity index (χ4n) is 1.57. The molecule has 1 aromatic heterocycles. The second-order valence-corrected chi connectivity index (χ2v) is 3.98. The van der Waals surface area contributed by atoms with Crippen molar-refractivity contribution in [2.24, 2.45) is 0 Å². The Hall–Kier alpha value is -2.14. The van der Waals surface area contributed by atoms with Crippen LogP contribution < -0.4 is 5.32 Å². The van der Waals surface area contributed by atoms with Crippen LogP contribution >= 0.6 is 0 Å². The molecule has 0 aromatic carbocycles. The summed E-state index contributed by atoms with van der Waals surface area (Å²) in [6.07, 6.45) is 7.63. The minimum absolute atomic E-state index is 0.193. The molecular formula is C15H20N2O3. The SMILES string of the molecule is C=C/C=C(\C=C/C)CNCc1cc(C(=O)OCC)no1. The van der Waals surface area contributed by atoms with Crippen molar-refractivity contribution in [2.75, 3.05) is 13.2 Å². The maximum atomic E-state index is 11.4. The van der Waals surface area contributed by atoms with Crippen molar-refractivity contribution < 1.29 is 14.1 Å². The van der Waals surface area contributed by atoms with Crippen LogP contribution in [0.2, 0.25) is 0 Å². The number of ether oxygens (including phenoxy) is 1. The summed E-state index contributed by atoms with van der Waals surface area (Å²) in [5.74, 6) is 0.121. The van der Waals surface area contributed by atoms with E-state index in [-0.39, 0.29) is 5.69 Å². The van der Waals surface area contributed by atoms with Gasteiger partial charge in [-0.15, -0.1) is 0 Å². The number of hydrogen-bond donors (Lipinski definition) is 1. The molecule has 0 bridgehead atoms. The lowest BCUT2D eigenvalue weighted by molar-refractivity contribution is 0.0514. The largest absolute Gasteiger partial charge is 0.461 e. The zero-order valence-corrected chi connectivity index (χ0v) is 11.9. The number of aromatic nitrogens is 1. The molecule has 0 aliphatic rings. The molecule has 5 heteroatoms. The molecule has 0 aliphatic heterocycles. The Morgan fingerprint density at radius 1 is 1.60 bits per heavy atom. The molecule has 1 heterocycles. The van der Waals surface area contributed by atoms with E-state index >= 15 is 0 Å². The van der Waals surface area contributed by atoms with E-state index in [4.69, 9.17) is 9.26 Å². The van der Waals surface area contributed by atoms with Crippen LogP contribution in [0.4, 0.5) is 0 Å². The average molecular weight is 276 g/mol. The van der Waals surface area contributed by atoms with Crippen molar-refractivity contribution in [3.05, 3.63) is 54.0 Å². The summed E-state index contributed by atoms with van der Waals surface area (Å²) in [6.45, 7) is 8.85. The maximum absolute atomic E-state index is 11.4. The molecule has 108 valence electrons. The zero-order chi connectivity index (χ0) is 14.8. The minimum Gasteiger partial charge on any atom is -0.461 e. The molecule has 0 spiro atoms. The van der Waals surface area contributed by atoms with Gasteiger partial charge in [-0.2, -0.15) is 0 Å². The normalized spacial score (nSPS) is 11.8. The third-order valence-electron chi connectivity index (χ3n) is 2.38. The lowest BCUT2D eigenvalue weighted by Crippen LogP contribution is -2.15. The van der Waals surface area contributed by atoms with Crippen LogP contribution in [0, 0.1) is 0 Å². The van der Waals surface area contributed by atoms with Crippen molar-refractivity contribution in [3.8, 4) is 0 Å². The number of nitrogens with zero attached hydrogens (tertiary/aromatic N) is 1. The Morgan fingerprint density at radius 2 is 2.40 bits per heavy atom. The number of carbonyl (C=O) groups excluding carboxylic acids is 1. The molecule has 0 amide bonds. The Morgan fingerprint density at radius 3 is 3.05 bits per heavy atom. The van der Waals surface area contributed by atoms with Gasteiger partial charge in [-0.25, -0.2) is 4.79 Å². The Bertz CT molecular complexity index is 501. The average Bonchev–Trinajstić information content (AvgIpc) is 2.88. The standard InChI is InChI=1S/C15H20N2O3/c1-4-7-12(8-5-2)10-16-11-13-9-14(17-20-13)15(18)19-6-3/h4-5,7-9,16H,1,6,10-11H2,2-3H3/b8-5-,12-7+. The van der Waals surface area contributed by atoms with Crippen molar-refractivity contribution in [3.63, 3.8) is 0 Å². The molecular weight excluding hydrogens is 256 g/mol. The van der Waals surface area contributed by atoms with Gasteiger partial charge in [0.05, 0.1) is 13.2 Å². The van der Waals surface area contributed by atoms with Gasteiger partial charge in [0, 0.05) is 12.6 Å². The van der Waals surface area contributed by atoms with Crippen molar-refractivity contribution >= 4 is 5.97 Å². The molecule has 1 N–H and O–H groups in total. The third kappa shape index (κ3) is 5.24. The van der Waals surface area contributed by atoms with Gasteiger partial charge in [0.15, 0.2) is 11.5 Å². The first-order chi connectivity index (χ1) is 9.71. The minimum atomic E-state index is -0.469. The van der Waals surface area contributed by atoms with E-state index in [0.29, 0.717) is 25.5 Å². The fourth-order valence-corrected chi connectivity index (χ4v) is 1.57. The van der Waals surface area contributed by atoms with Gasteiger partial charge in [0.1, 0.15) is 0 Å². The number of esters is 1. The molecule has 1 aromatic rings. The predicted molar refractivity (Wildman–Crippen MR) is 77.3 cm³/mol. The molecule has 0 aliphatic carbocycles. The molecule has 0 saturated heterocycles. The number of hydrogen-bond acceptors (Lipinski definition) is 5. The topological polar surface area (TPSA) is 64.4 Å². The Balaban J connectivity index is 2.48. The quantitative estimate of drug-likeness (QED) is 0.584. The van der Waals surface area contributed by atoms with E-state index in [9.17, 15) is 4.79 Å². The molecule has 1 rings (SSSR count). The highest BCUT2D eigenvalue weighted by Crippen LogP contribution is 2.05. The van der Waals surface area contributed by atoms with E-state index in [2.05, 4.69) is 17.1 Å². The van der Waals surface area contributed by atoms with Gasteiger partial charge in [0.25, 0.3) is 0 Å². The van der Waals surface area contributed by atoms with Crippen LogP contribution in [-0.4, -0.2) is 24.3 Å². The zero-order valence-electron chi connectivity index (χ0n) is 11.9. The van der Waals surface area contributed by atoms with Gasteiger partial charge < -0.3 is 14.6 Å². The van der Waals surface area contributed by atoms with Gasteiger partial charge >= 0.3 is 5.97 Å². The van der Waals surface area contributed by atoms with E-state index in [1.165, 1.54) is 0 Å². The van der Waals surface area contributed by atoms with E-state index in [0.717, 1.165) is 5.57 Å². The molecule has 20 heavy (non-hydrogen) atoms. The van der Waals surface area contributed by atoms with Crippen molar-refractivity contribution in [2.45, 2.75) is 20.4 Å². The predicted octanol–water partition coefficient (Wildman–Crippen LogP) is 2.63. The number of rotatable bonds is 8. The van der Waals surface area contributed by atoms with Crippen LogP contribution in [0.3, 0.4) is 0 Å². The van der Waals surface area contributed by atoms with Crippen LogP contribution in [0.15, 0.2) is 47.0 Å². The maximum Gasteiger partial charge on any atom is 0.360 e. The van der Waals surface area contributed by atoms with Crippen molar-refractivity contribution in [1.29, 1.82) is 0 Å². The molecule has 0 fully saturated rings. The summed E-state index contributed by atoms with van der Waals surface area (Å²) in [4.78, 5) is 11.4. The smallest absolute Gasteiger partial charge is 0.360 e. The molecule has 0 radical (unpaired) electrons. The first-order valence-electron chi connectivity index (χ1n) is 6.49. The second kappa shape index (κ2) is 8.87. The summed E-state index contributed by atoms with van der Waals surface area (Å²) in [7, 11) is 0. The van der Waals surface area contributed by atoms with Gasteiger partial charge in [-0.05, 0) is 19.4 Å². The van der Waals surface area contributed by atoms with Crippen LogP contribution in [0.5, 0.6) is 0 Å². The summed E-state index contributed by atoms with van der Waals surface area (Å²) in [6, 6.07) is 1.58. The lowest BCUT2D eigenvalue weighted by Gasteiger charge is -2.02. The first kappa shape index (κ1) is 15.9. The van der Waals surface area contributed by atoms with E-state index in [1.54, 1.807) is 19.1 Å². The second-order valence-electron chi connectivity index (χ2n) is 3.98. The van der Waals surface area contributed by atoms with Crippen LogP contribution in [0.1, 0.15) is 30.1 Å². The molecule has 0 atom stereocenters. The fraction of sp³-hybridized carbons (Fsp3) is 0.333. The highest BCUT2D eigenvalue weighted by molar-refractivity contribution is 5.87. The van der Waals surface area contributed by atoms with Crippen LogP contribution in [0.25, 0.3) is 0 Å². The third-order valence-corrected chi connectivity index (χ3v) is 2.38. The number of carbonyl (C=O) groups is 1. The number of nitrogens with one attached hydrogen (secondary N) is 1. The summed E-state index contributed by atoms with van der Waals surface area (Å²) in [5.41, 5.74) is 1.30. The van der Waals surface area contributed by atoms with E-state index < -0.39 is 5.97 Å². The van der Waals surface area contributed by atoms with E-state index in [1.807, 2.05) is 25.2 Å². The van der Waals surface area contributed by atoms with Gasteiger partial charge in [-0.3, -0.25) is 0 Å². The Kier molecular flexibility index (Phi) is 7.06. The van der Waals surface area contributed by atoms with Crippen molar-refractivity contribution in [1.82, 2.24) is 10.5 Å². The highest BCUT2D eigenvalue weighted by atomic mass is 16.5. The molecule has 5 nitrogen and oxygen atoms in total. The lowest BCUT2D eigenvalue weighted by atomic mass is 10.2. The first-order valence-corrected chi connectivity index (χ1v) is 6.49. The highest BCUT2D eigenvalue weighted by Gasteiger charge is 2.12. The Labute approximate surface area is 119 Å². The van der Waals surface area contributed by atoms with Crippen LogP contribution in [-0.2, 0) is 11.3 Å². The monoisotopic (exact) mass is 276 g/mol.